The van der Waals surface area contributed by atoms with Crippen molar-refractivity contribution >= 4 is 11.3 Å². The fourth-order valence-corrected chi connectivity index (χ4v) is 4.79. The van der Waals surface area contributed by atoms with E-state index in [9.17, 15) is 24.8 Å². The Morgan fingerprint density at radius 3 is 2.55 bits per heavy atom. The summed E-state index contributed by atoms with van der Waals surface area (Å²) in [7, 11) is 0. The molecule has 1 aromatic carbocycles. The number of aliphatic hydroxyl groups excluding tert-OH is 4. The van der Waals surface area contributed by atoms with E-state index < -0.39 is 43.1 Å². The highest BCUT2D eigenvalue weighted by Gasteiger charge is 2.43. The molecule has 1 aliphatic heterocycles. The first-order valence-electron chi connectivity index (χ1n) is 9.98. The van der Waals surface area contributed by atoms with Gasteiger partial charge in [0.15, 0.2) is 0 Å². The van der Waals surface area contributed by atoms with Crippen LogP contribution in [0.4, 0.5) is 4.39 Å². The van der Waals surface area contributed by atoms with Gasteiger partial charge in [0, 0.05) is 27.9 Å². The Balaban J connectivity index is 1.57. The maximum atomic E-state index is 13.1. The zero-order valence-corrected chi connectivity index (χ0v) is 17.7. The standard InChI is InChI=1S/C23H24FNO5S/c1-12-2-3-13(23-22(29)21(28)20(27)17(11-26)30-23)8-15(12)9-16-5-6-18(31-16)14-4-7-19(24)25-10-14/h2-8,10,17,20-23,26-29H,9,11H2,1H3/t17?,20?,21?,22-,23?/m1/s1. The van der Waals surface area contributed by atoms with Crippen molar-refractivity contribution in [2.45, 2.75) is 43.9 Å². The lowest BCUT2D eigenvalue weighted by Crippen LogP contribution is -2.55. The Morgan fingerprint density at radius 1 is 1.03 bits per heavy atom. The second kappa shape index (κ2) is 9.12. The normalized spacial score (nSPS) is 26.2. The summed E-state index contributed by atoms with van der Waals surface area (Å²) in [6, 6.07) is 12.7. The van der Waals surface area contributed by atoms with E-state index in [2.05, 4.69) is 4.98 Å². The van der Waals surface area contributed by atoms with Crippen molar-refractivity contribution in [2.75, 3.05) is 6.61 Å². The minimum atomic E-state index is -1.41. The second-order valence-corrected chi connectivity index (χ2v) is 8.92. The molecule has 0 amide bonds. The van der Waals surface area contributed by atoms with Crippen LogP contribution in [0, 0.1) is 12.9 Å². The van der Waals surface area contributed by atoms with E-state index in [4.69, 9.17) is 4.74 Å². The summed E-state index contributed by atoms with van der Waals surface area (Å²) in [6.07, 6.45) is -3.76. The first kappa shape index (κ1) is 22.0. The molecule has 0 radical (unpaired) electrons. The summed E-state index contributed by atoms with van der Waals surface area (Å²) >= 11 is 1.59. The third-order valence-corrected chi connectivity index (χ3v) is 6.77. The summed E-state index contributed by atoms with van der Waals surface area (Å²) in [5, 5.41) is 40.0. The second-order valence-electron chi connectivity index (χ2n) is 7.75. The van der Waals surface area contributed by atoms with E-state index in [0.717, 1.165) is 26.4 Å². The predicted molar refractivity (Wildman–Crippen MR) is 114 cm³/mol. The van der Waals surface area contributed by atoms with Gasteiger partial charge in [-0.15, -0.1) is 11.3 Å². The average molecular weight is 446 g/mol. The van der Waals surface area contributed by atoms with Crippen LogP contribution in [0.15, 0.2) is 48.7 Å². The Labute approximate surface area is 183 Å². The smallest absolute Gasteiger partial charge is 0.212 e. The Morgan fingerprint density at radius 2 is 1.84 bits per heavy atom. The van der Waals surface area contributed by atoms with Gasteiger partial charge in [-0.3, -0.25) is 0 Å². The maximum Gasteiger partial charge on any atom is 0.212 e. The monoisotopic (exact) mass is 445 g/mol. The van der Waals surface area contributed by atoms with Gasteiger partial charge < -0.3 is 25.2 Å². The molecule has 0 bridgehead atoms. The lowest BCUT2D eigenvalue weighted by molar-refractivity contribution is -0.231. The minimum Gasteiger partial charge on any atom is -0.394 e. The molecule has 0 spiro atoms. The predicted octanol–water partition coefficient (Wildman–Crippen LogP) is 2.36. The largest absolute Gasteiger partial charge is 0.394 e. The van der Waals surface area contributed by atoms with E-state index in [0.29, 0.717) is 12.0 Å². The molecular weight excluding hydrogens is 421 g/mol. The third-order valence-electron chi connectivity index (χ3n) is 5.63. The molecule has 6 nitrogen and oxygen atoms in total. The first-order chi connectivity index (χ1) is 14.9. The van der Waals surface area contributed by atoms with Crippen LogP contribution in [0.2, 0.25) is 0 Å². The van der Waals surface area contributed by atoms with Gasteiger partial charge in [0.2, 0.25) is 5.95 Å². The van der Waals surface area contributed by atoms with Crippen LogP contribution in [0.1, 0.15) is 27.7 Å². The van der Waals surface area contributed by atoms with Crippen LogP contribution < -0.4 is 0 Å². The van der Waals surface area contributed by atoms with Gasteiger partial charge in [0.05, 0.1) is 6.61 Å². The topological polar surface area (TPSA) is 103 Å². The number of benzene rings is 1. The molecule has 164 valence electrons. The van der Waals surface area contributed by atoms with Crippen LogP contribution in [-0.2, 0) is 11.2 Å². The number of thiophene rings is 1. The van der Waals surface area contributed by atoms with Gasteiger partial charge in [-0.25, -0.2) is 4.98 Å². The molecule has 0 aliphatic carbocycles. The quantitative estimate of drug-likeness (QED) is 0.450. The molecule has 31 heavy (non-hydrogen) atoms. The van der Waals surface area contributed by atoms with Crippen molar-refractivity contribution in [3.63, 3.8) is 0 Å². The number of nitrogens with zero attached hydrogens (tertiary/aromatic N) is 1. The number of hydrogen-bond acceptors (Lipinski definition) is 7. The Kier molecular flexibility index (Phi) is 6.47. The van der Waals surface area contributed by atoms with Gasteiger partial charge in [-0.2, -0.15) is 4.39 Å². The molecule has 4 N–H and O–H groups in total. The van der Waals surface area contributed by atoms with Gasteiger partial charge in [-0.05, 0) is 47.9 Å². The summed E-state index contributed by atoms with van der Waals surface area (Å²) < 4.78 is 18.8. The molecule has 1 fully saturated rings. The van der Waals surface area contributed by atoms with Crippen molar-refractivity contribution in [3.05, 3.63) is 76.2 Å². The molecule has 8 heteroatoms. The number of aryl methyl sites for hydroxylation is 1. The Bertz CT molecular complexity index is 1040. The zero-order valence-electron chi connectivity index (χ0n) is 16.9. The van der Waals surface area contributed by atoms with Gasteiger partial charge in [0.25, 0.3) is 0 Å². The highest BCUT2D eigenvalue weighted by Crippen LogP contribution is 2.34. The minimum absolute atomic E-state index is 0.462. The average Bonchev–Trinajstić information content (AvgIpc) is 3.23. The van der Waals surface area contributed by atoms with E-state index >= 15 is 0 Å². The number of halogens is 1. The first-order valence-corrected chi connectivity index (χ1v) is 10.8. The maximum absolute atomic E-state index is 13.1. The number of hydrogen-bond donors (Lipinski definition) is 4. The number of aromatic nitrogens is 1. The van der Waals surface area contributed by atoms with Crippen LogP contribution in [0.25, 0.3) is 10.4 Å². The molecule has 1 saturated heterocycles. The number of ether oxygens (including phenoxy) is 1. The van der Waals surface area contributed by atoms with Gasteiger partial charge in [0.1, 0.15) is 30.5 Å². The highest BCUT2D eigenvalue weighted by atomic mass is 32.1. The van der Waals surface area contributed by atoms with Crippen LogP contribution in [0.5, 0.6) is 0 Å². The van der Waals surface area contributed by atoms with Crippen molar-refractivity contribution < 1.29 is 29.6 Å². The third kappa shape index (κ3) is 4.55. The molecule has 5 atom stereocenters. The van der Waals surface area contributed by atoms with E-state index in [1.54, 1.807) is 17.4 Å². The van der Waals surface area contributed by atoms with E-state index in [-0.39, 0.29) is 0 Å². The van der Waals surface area contributed by atoms with Crippen molar-refractivity contribution in [1.82, 2.24) is 4.98 Å². The molecule has 3 heterocycles. The highest BCUT2D eigenvalue weighted by molar-refractivity contribution is 7.15. The van der Waals surface area contributed by atoms with Crippen LogP contribution in [-0.4, -0.2) is 56.4 Å². The fraction of sp³-hybridized carbons (Fsp3) is 0.348. The summed E-state index contributed by atoms with van der Waals surface area (Å²) in [6.45, 7) is 1.53. The van der Waals surface area contributed by atoms with E-state index in [1.807, 2.05) is 37.3 Å². The van der Waals surface area contributed by atoms with Gasteiger partial charge >= 0.3 is 0 Å². The van der Waals surface area contributed by atoms with Crippen LogP contribution >= 0.6 is 11.3 Å². The van der Waals surface area contributed by atoms with Crippen molar-refractivity contribution in [2.24, 2.45) is 0 Å². The summed E-state index contributed by atoms with van der Waals surface area (Å²) in [5.74, 6) is -0.513. The molecule has 4 rings (SSSR count). The number of pyridine rings is 1. The number of aliphatic hydroxyl groups is 4. The van der Waals surface area contributed by atoms with Crippen molar-refractivity contribution in [3.8, 4) is 10.4 Å². The fourth-order valence-electron chi connectivity index (χ4n) is 3.77. The van der Waals surface area contributed by atoms with Crippen LogP contribution in [0.3, 0.4) is 0 Å². The summed E-state index contributed by atoms with van der Waals surface area (Å²) in [4.78, 5) is 5.80. The SMILES string of the molecule is Cc1ccc(C2OC(CO)C(O)C(O)[C@H]2O)cc1Cc1ccc(-c2ccc(F)nc2)s1. The molecule has 3 aromatic rings. The molecular formula is C23H24FNO5S. The molecule has 2 aromatic heterocycles. The molecule has 4 unspecified atom stereocenters. The van der Waals surface area contributed by atoms with Crippen molar-refractivity contribution in [1.29, 1.82) is 0 Å². The van der Waals surface area contributed by atoms with E-state index in [1.165, 1.54) is 12.3 Å². The molecule has 1 aliphatic rings. The van der Waals surface area contributed by atoms with Gasteiger partial charge in [-0.1, -0.05) is 18.2 Å². The lowest BCUT2D eigenvalue weighted by atomic mass is 9.89. The lowest BCUT2D eigenvalue weighted by Gasteiger charge is -2.40. The molecule has 0 saturated carbocycles. The number of rotatable bonds is 5. The summed E-state index contributed by atoms with van der Waals surface area (Å²) in [5.41, 5.74) is 3.60. The Hall–Kier alpha value is -2.20. The zero-order chi connectivity index (χ0) is 22.1.